The van der Waals surface area contributed by atoms with Crippen LogP contribution in [-0.2, 0) is 5.41 Å². The lowest BCUT2D eigenvalue weighted by Gasteiger charge is -2.42. The van der Waals surface area contributed by atoms with Gasteiger partial charge in [0.15, 0.2) is 17.5 Å². The van der Waals surface area contributed by atoms with Crippen molar-refractivity contribution >= 4 is 10.8 Å². The molecule has 9 aromatic rings. The third kappa shape index (κ3) is 5.60. The van der Waals surface area contributed by atoms with E-state index in [0.717, 1.165) is 55.8 Å². The van der Waals surface area contributed by atoms with Crippen LogP contribution in [0.2, 0.25) is 0 Å². The van der Waals surface area contributed by atoms with Crippen molar-refractivity contribution in [1.82, 2.24) is 15.0 Å². The summed E-state index contributed by atoms with van der Waals surface area (Å²) < 4.78 is 6.95. The van der Waals surface area contributed by atoms with Crippen LogP contribution in [0.15, 0.2) is 194 Å². The zero-order valence-corrected chi connectivity index (χ0v) is 30.2. The smallest absolute Gasteiger partial charge is 0.164 e. The van der Waals surface area contributed by atoms with Crippen LogP contribution in [0.1, 0.15) is 27.8 Å². The van der Waals surface area contributed by atoms with Crippen molar-refractivity contribution in [2.75, 3.05) is 0 Å². The molecule has 0 unspecified atom stereocenters. The van der Waals surface area contributed by atoms with E-state index in [0.29, 0.717) is 23.0 Å². The Hall–Kier alpha value is -7.68. The first-order valence-electron chi connectivity index (χ1n) is 18.6. The molecule has 0 radical (unpaired) electrons. The Bertz CT molecular complexity index is 2900. The molecule has 0 fully saturated rings. The lowest BCUT2D eigenvalue weighted by atomic mass is 9.63. The molecule has 1 aromatic heterocycles. The van der Waals surface area contributed by atoms with E-state index in [2.05, 4.69) is 133 Å². The Morgan fingerprint density at radius 1 is 0.393 bits per heavy atom. The molecule has 0 spiro atoms. The topological polar surface area (TPSA) is 71.7 Å². The Balaban J connectivity index is 1.13. The number of hydrogen-bond acceptors (Lipinski definition) is 5. The minimum Gasteiger partial charge on any atom is -0.457 e. The molecule has 2 heterocycles. The van der Waals surface area contributed by atoms with Crippen molar-refractivity contribution < 1.29 is 4.74 Å². The third-order valence-corrected chi connectivity index (χ3v) is 10.7. The van der Waals surface area contributed by atoms with E-state index < -0.39 is 5.41 Å². The number of fused-ring (bicyclic) bond motifs is 3. The molecule has 0 saturated heterocycles. The van der Waals surface area contributed by atoms with Gasteiger partial charge in [-0.15, -0.1) is 0 Å². The predicted octanol–water partition coefficient (Wildman–Crippen LogP) is 12.1. The average Bonchev–Trinajstić information content (AvgIpc) is 3.28. The van der Waals surface area contributed by atoms with Crippen LogP contribution in [0.4, 0.5) is 0 Å². The van der Waals surface area contributed by atoms with Crippen LogP contribution >= 0.6 is 0 Å². The summed E-state index contributed by atoms with van der Waals surface area (Å²) in [6.07, 6.45) is 0. The van der Waals surface area contributed by atoms with Crippen LogP contribution in [-0.4, -0.2) is 15.0 Å². The van der Waals surface area contributed by atoms with Gasteiger partial charge in [-0.05, 0) is 81.6 Å². The van der Waals surface area contributed by atoms with Gasteiger partial charge in [0.2, 0.25) is 0 Å². The summed E-state index contributed by atoms with van der Waals surface area (Å²) in [5.74, 6) is 3.31. The molecule has 1 aliphatic heterocycles. The molecule has 1 aliphatic rings. The minimum absolute atomic E-state index is 0.537. The monoisotopic (exact) mass is 716 g/mol. The number of rotatable bonds is 6. The van der Waals surface area contributed by atoms with Gasteiger partial charge in [0.25, 0.3) is 0 Å². The molecule has 262 valence electrons. The van der Waals surface area contributed by atoms with Gasteiger partial charge in [-0.1, -0.05) is 146 Å². The van der Waals surface area contributed by atoms with Crippen molar-refractivity contribution in [3.05, 3.63) is 222 Å². The SMILES string of the molecule is N#Cc1ccc(-c2nc(-c3ccccc3)nc(-c3cccc(-c4ccc5c(c4)Oc4cc6ccccc6cc4C5(c4ccccc4)c4ccccc4)c3)n2)cc1. The maximum atomic E-state index is 9.38. The second-order valence-corrected chi connectivity index (χ2v) is 13.9. The third-order valence-electron chi connectivity index (χ3n) is 10.7. The van der Waals surface area contributed by atoms with Gasteiger partial charge < -0.3 is 4.74 Å². The first-order valence-corrected chi connectivity index (χ1v) is 18.6. The molecule has 56 heavy (non-hydrogen) atoms. The molecule has 0 aliphatic carbocycles. The summed E-state index contributed by atoms with van der Waals surface area (Å²) in [6, 6.07) is 68.8. The lowest BCUT2D eigenvalue weighted by molar-refractivity contribution is 0.435. The van der Waals surface area contributed by atoms with Crippen LogP contribution in [0.3, 0.4) is 0 Å². The fourth-order valence-corrected chi connectivity index (χ4v) is 8.00. The normalized spacial score (nSPS) is 12.6. The number of aromatic nitrogens is 3. The first kappa shape index (κ1) is 32.9. The summed E-state index contributed by atoms with van der Waals surface area (Å²) in [4.78, 5) is 14.8. The molecule has 10 rings (SSSR count). The Kier molecular flexibility index (Phi) is 8.01. The molecular weight excluding hydrogens is 685 g/mol. The summed E-state index contributed by atoms with van der Waals surface area (Å²) >= 11 is 0. The number of hydrogen-bond donors (Lipinski definition) is 0. The number of benzene rings is 8. The van der Waals surface area contributed by atoms with E-state index in [1.165, 1.54) is 16.5 Å². The van der Waals surface area contributed by atoms with Gasteiger partial charge in [-0.3, -0.25) is 0 Å². The molecule has 0 amide bonds. The fourth-order valence-electron chi connectivity index (χ4n) is 8.00. The van der Waals surface area contributed by atoms with Crippen LogP contribution in [0.25, 0.3) is 56.1 Å². The fraction of sp³-hybridized carbons (Fsp3) is 0.0196. The van der Waals surface area contributed by atoms with Crippen LogP contribution in [0.5, 0.6) is 11.5 Å². The molecule has 8 aromatic carbocycles. The van der Waals surface area contributed by atoms with Gasteiger partial charge in [-0.2, -0.15) is 5.26 Å². The Morgan fingerprint density at radius 3 is 1.52 bits per heavy atom. The van der Waals surface area contributed by atoms with Gasteiger partial charge >= 0.3 is 0 Å². The standard InChI is InChI=1S/C51H32N4O/c52-33-34-23-25-36(26-24-34)49-53-48(35-13-4-1-5-14-35)54-50(55-49)41-18-12-17-37(29-41)40-27-28-44-46(32-40)56-47-31-39-16-11-10-15-38(39)30-45(47)51(44,42-19-6-2-7-20-42)43-21-8-3-9-22-43/h1-32H. The van der Waals surface area contributed by atoms with Gasteiger partial charge in [0, 0.05) is 27.8 Å². The maximum absolute atomic E-state index is 9.38. The highest BCUT2D eigenvalue weighted by Gasteiger charge is 2.45. The van der Waals surface area contributed by atoms with Gasteiger partial charge in [0.1, 0.15) is 11.5 Å². The number of nitrogens with zero attached hydrogens (tertiary/aromatic N) is 4. The molecule has 0 N–H and O–H groups in total. The summed E-state index contributed by atoms with van der Waals surface area (Å²) in [7, 11) is 0. The number of ether oxygens (including phenoxy) is 1. The van der Waals surface area contributed by atoms with E-state index in [9.17, 15) is 5.26 Å². The maximum Gasteiger partial charge on any atom is 0.164 e. The lowest BCUT2D eigenvalue weighted by Crippen LogP contribution is -2.34. The van der Waals surface area contributed by atoms with Crippen molar-refractivity contribution in [2.45, 2.75) is 5.41 Å². The second kappa shape index (κ2) is 13.6. The van der Waals surface area contributed by atoms with E-state index in [1.54, 1.807) is 12.1 Å². The summed E-state index contributed by atoms with van der Waals surface area (Å²) in [6.45, 7) is 0. The molecule has 0 saturated carbocycles. The highest BCUT2D eigenvalue weighted by atomic mass is 16.5. The first-order chi connectivity index (χ1) is 27.7. The van der Waals surface area contributed by atoms with Crippen LogP contribution in [0, 0.1) is 11.3 Å². The minimum atomic E-state index is -0.629. The highest BCUT2D eigenvalue weighted by molar-refractivity contribution is 5.88. The average molecular weight is 717 g/mol. The van der Waals surface area contributed by atoms with E-state index in [1.807, 2.05) is 54.6 Å². The van der Waals surface area contributed by atoms with Gasteiger partial charge in [-0.25, -0.2) is 15.0 Å². The molecule has 0 atom stereocenters. The molecule has 0 bridgehead atoms. The largest absolute Gasteiger partial charge is 0.457 e. The Labute approximate surface area is 324 Å². The summed E-state index contributed by atoms with van der Waals surface area (Å²) in [5.41, 5.74) is 9.05. The van der Waals surface area contributed by atoms with E-state index >= 15 is 0 Å². The second-order valence-electron chi connectivity index (χ2n) is 13.9. The predicted molar refractivity (Wildman–Crippen MR) is 222 cm³/mol. The highest BCUT2D eigenvalue weighted by Crippen LogP contribution is 2.56. The quantitative estimate of drug-likeness (QED) is 0.171. The Morgan fingerprint density at radius 2 is 0.875 bits per heavy atom. The van der Waals surface area contributed by atoms with E-state index in [-0.39, 0.29) is 0 Å². The van der Waals surface area contributed by atoms with Crippen molar-refractivity contribution in [3.8, 4) is 62.9 Å². The van der Waals surface area contributed by atoms with Crippen molar-refractivity contribution in [2.24, 2.45) is 0 Å². The van der Waals surface area contributed by atoms with Crippen molar-refractivity contribution in [1.29, 1.82) is 5.26 Å². The van der Waals surface area contributed by atoms with Crippen molar-refractivity contribution in [3.63, 3.8) is 0 Å². The number of nitriles is 1. The van der Waals surface area contributed by atoms with E-state index in [4.69, 9.17) is 19.7 Å². The molecular formula is C51H32N4O. The zero-order chi connectivity index (χ0) is 37.5. The zero-order valence-electron chi connectivity index (χ0n) is 30.2. The summed E-state index contributed by atoms with van der Waals surface area (Å²) in [5, 5.41) is 11.7. The van der Waals surface area contributed by atoms with Crippen LogP contribution < -0.4 is 4.74 Å². The molecule has 5 nitrogen and oxygen atoms in total. The van der Waals surface area contributed by atoms with Gasteiger partial charge in [0.05, 0.1) is 17.0 Å². The molecule has 5 heteroatoms.